The molecule has 0 bridgehead atoms. The Morgan fingerprint density at radius 1 is 1.59 bits per heavy atom. The molecule has 2 rings (SSSR count). The molecule has 1 aliphatic heterocycles. The lowest BCUT2D eigenvalue weighted by Gasteiger charge is -2.29. The summed E-state index contributed by atoms with van der Waals surface area (Å²) in [7, 11) is 0. The zero-order valence-corrected chi connectivity index (χ0v) is 10.1. The summed E-state index contributed by atoms with van der Waals surface area (Å²) in [5, 5.41) is 9.32. The van der Waals surface area contributed by atoms with Crippen molar-refractivity contribution in [2.45, 2.75) is 19.4 Å². The van der Waals surface area contributed by atoms with E-state index in [4.69, 9.17) is 21.6 Å². The Labute approximate surface area is 104 Å². The van der Waals surface area contributed by atoms with Gasteiger partial charge in [0.05, 0.1) is 5.69 Å². The molecule has 1 heterocycles. The largest absolute Gasteiger partial charge is 0.430 e. The van der Waals surface area contributed by atoms with Crippen molar-refractivity contribution in [2.75, 3.05) is 11.4 Å². The first kappa shape index (κ1) is 11.7. The van der Waals surface area contributed by atoms with Crippen LogP contribution in [-0.2, 0) is 4.74 Å². The van der Waals surface area contributed by atoms with Gasteiger partial charge in [0.25, 0.3) is 0 Å². The third-order valence-corrected chi connectivity index (χ3v) is 2.91. The molecule has 1 saturated heterocycles. The molecule has 1 amide bonds. The van der Waals surface area contributed by atoms with Crippen molar-refractivity contribution in [2.24, 2.45) is 0 Å². The minimum absolute atomic E-state index is 0.478. The normalized spacial score (nSPS) is 19.7. The Kier molecular flexibility index (Phi) is 3.21. The number of anilines is 1. The molecular weight excluding hydrogens is 240 g/mol. The Bertz CT molecular complexity index is 496. The van der Waals surface area contributed by atoms with Crippen molar-refractivity contribution in [1.29, 1.82) is 5.26 Å². The van der Waals surface area contributed by atoms with Gasteiger partial charge < -0.3 is 4.74 Å². The minimum Gasteiger partial charge on any atom is -0.430 e. The summed E-state index contributed by atoms with van der Waals surface area (Å²) in [6.45, 7) is 2.37. The second-order valence-corrected chi connectivity index (χ2v) is 4.31. The topological polar surface area (TPSA) is 53.3 Å². The van der Waals surface area contributed by atoms with Gasteiger partial charge in [-0.25, -0.2) is 4.79 Å². The SMILES string of the molecule is Cc1cc(Cl)ccc1N1CCC(C#N)OC1=O. The van der Waals surface area contributed by atoms with E-state index in [0.717, 1.165) is 11.3 Å². The minimum atomic E-state index is -0.633. The highest BCUT2D eigenvalue weighted by Crippen LogP contribution is 2.26. The molecule has 0 aliphatic carbocycles. The standard InChI is InChI=1S/C12H11ClN2O2/c1-8-6-9(13)2-3-11(8)15-5-4-10(7-14)17-12(15)16/h2-3,6,10H,4-5H2,1H3. The molecule has 88 valence electrons. The molecule has 1 aliphatic rings. The number of ether oxygens (including phenoxy) is 1. The molecular formula is C12H11ClN2O2. The number of amides is 1. The van der Waals surface area contributed by atoms with Gasteiger partial charge in [-0.05, 0) is 30.7 Å². The summed E-state index contributed by atoms with van der Waals surface area (Å²) in [6.07, 6.45) is -0.593. The fourth-order valence-electron chi connectivity index (χ4n) is 1.81. The first-order valence-corrected chi connectivity index (χ1v) is 5.63. The Morgan fingerprint density at radius 2 is 2.35 bits per heavy atom. The summed E-state index contributed by atoms with van der Waals surface area (Å²) in [5.41, 5.74) is 1.68. The molecule has 1 aromatic carbocycles. The maximum absolute atomic E-state index is 11.7. The molecule has 1 aromatic rings. The number of hydrogen-bond donors (Lipinski definition) is 0. The van der Waals surface area contributed by atoms with E-state index in [2.05, 4.69) is 0 Å². The van der Waals surface area contributed by atoms with Gasteiger partial charge in [-0.1, -0.05) is 11.6 Å². The van der Waals surface area contributed by atoms with Crippen LogP contribution in [0.1, 0.15) is 12.0 Å². The average molecular weight is 251 g/mol. The van der Waals surface area contributed by atoms with E-state index in [9.17, 15) is 4.79 Å². The molecule has 0 spiro atoms. The Hall–Kier alpha value is -1.73. The van der Waals surface area contributed by atoms with E-state index in [-0.39, 0.29) is 0 Å². The van der Waals surface area contributed by atoms with Crippen LogP contribution in [0.15, 0.2) is 18.2 Å². The molecule has 4 nitrogen and oxygen atoms in total. The second-order valence-electron chi connectivity index (χ2n) is 3.87. The number of nitriles is 1. The number of halogens is 1. The van der Waals surface area contributed by atoms with E-state index in [0.29, 0.717) is 18.0 Å². The van der Waals surface area contributed by atoms with Crippen LogP contribution in [0.3, 0.4) is 0 Å². The molecule has 1 atom stereocenters. The number of aryl methyl sites for hydroxylation is 1. The first-order valence-electron chi connectivity index (χ1n) is 5.25. The van der Waals surface area contributed by atoms with Crippen LogP contribution >= 0.6 is 11.6 Å². The van der Waals surface area contributed by atoms with Crippen LogP contribution in [-0.4, -0.2) is 18.7 Å². The lowest BCUT2D eigenvalue weighted by Crippen LogP contribution is -2.41. The molecule has 1 fully saturated rings. The smallest absolute Gasteiger partial charge is 0.415 e. The number of rotatable bonds is 1. The third-order valence-electron chi connectivity index (χ3n) is 2.67. The highest BCUT2D eigenvalue weighted by atomic mass is 35.5. The Balaban J connectivity index is 2.24. The molecule has 0 N–H and O–H groups in total. The van der Waals surface area contributed by atoms with Crippen molar-refractivity contribution < 1.29 is 9.53 Å². The van der Waals surface area contributed by atoms with Crippen molar-refractivity contribution in [3.8, 4) is 6.07 Å². The van der Waals surface area contributed by atoms with Crippen LogP contribution in [0.25, 0.3) is 0 Å². The van der Waals surface area contributed by atoms with E-state index in [1.54, 1.807) is 18.2 Å². The monoisotopic (exact) mass is 250 g/mol. The third kappa shape index (κ3) is 2.34. The lowest BCUT2D eigenvalue weighted by molar-refractivity contribution is 0.111. The van der Waals surface area contributed by atoms with Crippen molar-refractivity contribution in [1.82, 2.24) is 0 Å². The molecule has 0 aromatic heterocycles. The molecule has 0 saturated carbocycles. The summed E-state index contributed by atoms with van der Waals surface area (Å²) < 4.78 is 4.98. The van der Waals surface area contributed by atoms with E-state index in [1.807, 2.05) is 13.0 Å². The number of carbonyl (C=O) groups is 1. The van der Waals surface area contributed by atoms with Gasteiger partial charge in [-0.15, -0.1) is 0 Å². The van der Waals surface area contributed by atoms with Crippen LogP contribution in [0.4, 0.5) is 10.5 Å². The summed E-state index contributed by atoms with van der Waals surface area (Å²) >= 11 is 5.86. The molecule has 5 heteroatoms. The van der Waals surface area contributed by atoms with Gasteiger partial charge in [0.15, 0.2) is 6.10 Å². The summed E-state index contributed by atoms with van der Waals surface area (Å²) in [4.78, 5) is 13.2. The van der Waals surface area contributed by atoms with Crippen molar-refractivity contribution in [3.63, 3.8) is 0 Å². The number of nitrogens with zero attached hydrogens (tertiary/aromatic N) is 2. The lowest BCUT2D eigenvalue weighted by atomic mass is 10.1. The van der Waals surface area contributed by atoms with Gasteiger partial charge in [0.2, 0.25) is 0 Å². The molecule has 1 unspecified atom stereocenters. The number of cyclic esters (lactones) is 1. The van der Waals surface area contributed by atoms with E-state index < -0.39 is 12.2 Å². The second kappa shape index (κ2) is 4.64. The maximum atomic E-state index is 11.7. The molecule has 0 radical (unpaired) electrons. The molecule has 17 heavy (non-hydrogen) atoms. The predicted octanol–water partition coefficient (Wildman–Crippen LogP) is 2.89. The van der Waals surface area contributed by atoms with Gasteiger partial charge in [0, 0.05) is 18.0 Å². The van der Waals surface area contributed by atoms with Crippen LogP contribution in [0.5, 0.6) is 0 Å². The summed E-state index contributed by atoms with van der Waals surface area (Å²) in [5.74, 6) is 0. The highest BCUT2D eigenvalue weighted by molar-refractivity contribution is 6.30. The van der Waals surface area contributed by atoms with Gasteiger partial charge >= 0.3 is 6.09 Å². The van der Waals surface area contributed by atoms with Crippen molar-refractivity contribution in [3.05, 3.63) is 28.8 Å². The van der Waals surface area contributed by atoms with Gasteiger partial charge in [-0.2, -0.15) is 5.26 Å². The van der Waals surface area contributed by atoms with Crippen LogP contribution in [0.2, 0.25) is 5.02 Å². The maximum Gasteiger partial charge on any atom is 0.415 e. The fraction of sp³-hybridized carbons (Fsp3) is 0.333. The number of benzene rings is 1. The zero-order chi connectivity index (χ0) is 12.4. The van der Waals surface area contributed by atoms with Crippen LogP contribution in [0, 0.1) is 18.3 Å². The zero-order valence-electron chi connectivity index (χ0n) is 9.31. The van der Waals surface area contributed by atoms with Crippen LogP contribution < -0.4 is 4.90 Å². The average Bonchev–Trinajstić information content (AvgIpc) is 2.30. The number of hydrogen-bond acceptors (Lipinski definition) is 3. The fourth-order valence-corrected chi connectivity index (χ4v) is 2.04. The quantitative estimate of drug-likeness (QED) is 0.770. The van der Waals surface area contributed by atoms with Gasteiger partial charge in [0.1, 0.15) is 6.07 Å². The number of carbonyl (C=O) groups excluding carboxylic acids is 1. The van der Waals surface area contributed by atoms with Gasteiger partial charge in [-0.3, -0.25) is 4.90 Å². The summed E-state index contributed by atoms with van der Waals surface area (Å²) in [6, 6.07) is 7.24. The predicted molar refractivity (Wildman–Crippen MR) is 64.0 cm³/mol. The van der Waals surface area contributed by atoms with Crippen molar-refractivity contribution >= 4 is 23.4 Å². The van der Waals surface area contributed by atoms with E-state index in [1.165, 1.54) is 4.90 Å². The highest BCUT2D eigenvalue weighted by Gasteiger charge is 2.28. The Morgan fingerprint density at radius 3 is 2.94 bits per heavy atom. The first-order chi connectivity index (χ1) is 8.11. The van der Waals surface area contributed by atoms with E-state index >= 15 is 0 Å².